The molecule has 1 spiro atoms. The van der Waals surface area contributed by atoms with Crippen molar-refractivity contribution in [1.82, 2.24) is 9.88 Å². The van der Waals surface area contributed by atoms with E-state index in [1.807, 2.05) is 23.1 Å². The average molecular weight is 276 g/mol. The van der Waals surface area contributed by atoms with E-state index in [-0.39, 0.29) is 17.6 Å². The lowest BCUT2D eigenvalue weighted by Gasteiger charge is -2.23. The van der Waals surface area contributed by atoms with Crippen LogP contribution in [0.3, 0.4) is 0 Å². The van der Waals surface area contributed by atoms with Crippen molar-refractivity contribution in [1.29, 1.82) is 0 Å². The molecule has 5 heteroatoms. The second-order valence-corrected chi connectivity index (χ2v) is 5.62. The maximum atomic E-state index is 12.3. The normalized spacial score (nSPS) is 29.2. The molecule has 1 aromatic heterocycles. The minimum Gasteiger partial charge on any atom is -0.379 e. The maximum Gasteiger partial charge on any atom is 0.228 e. The van der Waals surface area contributed by atoms with Gasteiger partial charge in [0.25, 0.3) is 0 Å². The third kappa shape index (κ3) is 2.69. The Kier molecular flexibility index (Phi) is 3.72. The van der Waals surface area contributed by atoms with Gasteiger partial charge in [0.2, 0.25) is 5.91 Å². The Labute approximate surface area is 118 Å². The van der Waals surface area contributed by atoms with Crippen LogP contribution in [0.2, 0.25) is 0 Å². The van der Waals surface area contributed by atoms with Crippen molar-refractivity contribution in [3.63, 3.8) is 0 Å². The van der Waals surface area contributed by atoms with E-state index < -0.39 is 0 Å². The van der Waals surface area contributed by atoms with Gasteiger partial charge in [-0.15, -0.1) is 0 Å². The molecule has 2 fully saturated rings. The zero-order valence-corrected chi connectivity index (χ0v) is 11.7. The summed E-state index contributed by atoms with van der Waals surface area (Å²) >= 11 is 0. The number of aromatic nitrogens is 1. The summed E-state index contributed by atoms with van der Waals surface area (Å²) in [4.78, 5) is 18.4. The highest BCUT2D eigenvalue weighted by Crippen LogP contribution is 2.36. The third-order valence-corrected chi connectivity index (χ3v) is 4.24. The lowest BCUT2D eigenvalue weighted by atomic mass is 9.98. The number of nitrogens with zero attached hydrogens (tertiary/aromatic N) is 2. The summed E-state index contributed by atoms with van der Waals surface area (Å²) in [6, 6.07) is 5.65. The zero-order valence-electron chi connectivity index (χ0n) is 11.7. The number of rotatable bonds is 3. The first-order valence-electron chi connectivity index (χ1n) is 7.05. The summed E-state index contributed by atoms with van der Waals surface area (Å²) in [5.41, 5.74) is 0.640. The molecule has 0 bridgehead atoms. The fraction of sp³-hybridized carbons (Fsp3) is 0.600. The minimum absolute atomic E-state index is 0.130. The summed E-state index contributed by atoms with van der Waals surface area (Å²) < 4.78 is 11.3. The van der Waals surface area contributed by atoms with Crippen molar-refractivity contribution in [2.45, 2.75) is 31.0 Å². The second-order valence-electron chi connectivity index (χ2n) is 5.62. The Morgan fingerprint density at radius 3 is 3.20 bits per heavy atom. The van der Waals surface area contributed by atoms with Crippen LogP contribution in [0.1, 0.15) is 18.5 Å². The summed E-state index contributed by atoms with van der Waals surface area (Å²) in [5.74, 6) is 0.130. The largest absolute Gasteiger partial charge is 0.379 e. The molecule has 3 rings (SSSR count). The molecule has 2 atom stereocenters. The van der Waals surface area contributed by atoms with E-state index in [1.54, 1.807) is 13.3 Å². The number of amides is 1. The molecule has 0 unspecified atom stereocenters. The lowest BCUT2D eigenvalue weighted by molar-refractivity contribution is -0.130. The van der Waals surface area contributed by atoms with E-state index in [9.17, 15) is 4.79 Å². The predicted octanol–water partition coefficient (Wildman–Crippen LogP) is 1.03. The van der Waals surface area contributed by atoms with Gasteiger partial charge < -0.3 is 14.4 Å². The lowest BCUT2D eigenvalue weighted by Crippen LogP contribution is -2.36. The Morgan fingerprint density at radius 1 is 1.60 bits per heavy atom. The van der Waals surface area contributed by atoms with Gasteiger partial charge in [0.1, 0.15) is 0 Å². The summed E-state index contributed by atoms with van der Waals surface area (Å²) in [5, 5.41) is 0. The highest BCUT2D eigenvalue weighted by Gasteiger charge is 2.46. The smallest absolute Gasteiger partial charge is 0.228 e. The van der Waals surface area contributed by atoms with E-state index in [1.165, 1.54) is 0 Å². The highest BCUT2D eigenvalue weighted by molar-refractivity contribution is 5.78. The van der Waals surface area contributed by atoms with Crippen molar-refractivity contribution in [3.8, 4) is 0 Å². The molecule has 3 heterocycles. The van der Waals surface area contributed by atoms with Gasteiger partial charge in [0, 0.05) is 38.5 Å². The van der Waals surface area contributed by atoms with Gasteiger partial charge >= 0.3 is 0 Å². The molecular weight excluding hydrogens is 256 g/mol. The van der Waals surface area contributed by atoms with Crippen LogP contribution >= 0.6 is 0 Å². The first-order chi connectivity index (χ1) is 9.71. The van der Waals surface area contributed by atoms with Crippen LogP contribution in [-0.2, 0) is 20.7 Å². The molecule has 2 aliphatic heterocycles. The van der Waals surface area contributed by atoms with Gasteiger partial charge in [0.15, 0.2) is 0 Å². The van der Waals surface area contributed by atoms with Crippen LogP contribution in [-0.4, -0.2) is 54.3 Å². The van der Waals surface area contributed by atoms with Gasteiger partial charge in [-0.3, -0.25) is 9.78 Å². The molecule has 0 N–H and O–H groups in total. The first kappa shape index (κ1) is 13.5. The number of hydrogen-bond acceptors (Lipinski definition) is 4. The van der Waals surface area contributed by atoms with Gasteiger partial charge in [-0.1, -0.05) is 6.07 Å². The van der Waals surface area contributed by atoms with Gasteiger partial charge in [-0.2, -0.15) is 0 Å². The van der Waals surface area contributed by atoms with Crippen LogP contribution in [0.5, 0.6) is 0 Å². The summed E-state index contributed by atoms with van der Waals surface area (Å²) in [6.07, 6.45) is 4.04. The number of carbonyl (C=O) groups is 1. The number of hydrogen-bond donors (Lipinski definition) is 0. The highest BCUT2D eigenvalue weighted by atomic mass is 16.6. The van der Waals surface area contributed by atoms with Crippen molar-refractivity contribution in [3.05, 3.63) is 30.1 Å². The van der Waals surface area contributed by atoms with E-state index in [0.29, 0.717) is 19.6 Å². The van der Waals surface area contributed by atoms with Gasteiger partial charge in [0.05, 0.1) is 24.7 Å². The Hall–Kier alpha value is -1.46. The molecule has 1 aromatic rings. The van der Waals surface area contributed by atoms with Crippen LogP contribution in [0.15, 0.2) is 24.4 Å². The fourth-order valence-corrected chi connectivity index (χ4v) is 3.07. The number of carbonyl (C=O) groups excluding carboxylic acids is 1. The minimum atomic E-state index is -0.180. The molecular formula is C15H20N2O3. The van der Waals surface area contributed by atoms with Gasteiger partial charge in [-0.25, -0.2) is 0 Å². The third-order valence-electron chi connectivity index (χ3n) is 4.24. The van der Waals surface area contributed by atoms with Crippen molar-refractivity contribution in [2.75, 3.05) is 26.8 Å². The van der Waals surface area contributed by atoms with Crippen LogP contribution in [0.25, 0.3) is 0 Å². The van der Waals surface area contributed by atoms with Crippen molar-refractivity contribution in [2.24, 2.45) is 0 Å². The second kappa shape index (κ2) is 5.50. The molecule has 20 heavy (non-hydrogen) atoms. The standard InChI is InChI=1S/C15H20N2O3/c1-19-13-9-15(20-10-13)5-7-17(11-15)14(18)8-12-4-2-3-6-16-12/h2-4,6,13H,5,7-11H2,1H3/t13-,15+/m1/s1. The van der Waals surface area contributed by atoms with Gasteiger partial charge in [-0.05, 0) is 18.6 Å². The molecule has 1 amide bonds. The van der Waals surface area contributed by atoms with E-state index in [0.717, 1.165) is 25.1 Å². The number of ether oxygens (including phenoxy) is 2. The quantitative estimate of drug-likeness (QED) is 0.827. The molecule has 2 saturated heterocycles. The van der Waals surface area contributed by atoms with Crippen molar-refractivity contribution < 1.29 is 14.3 Å². The molecule has 108 valence electrons. The Balaban J connectivity index is 1.59. The monoisotopic (exact) mass is 276 g/mol. The first-order valence-corrected chi connectivity index (χ1v) is 7.05. The summed E-state index contributed by atoms with van der Waals surface area (Å²) in [7, 11) is 1.71. The maximum absolute atomic E-state index is 12.3. The average Bonchev–Trinajstić information content (AvgIpc) is 3.08. The predicted molar refractivity (Wildman–Crippen MR) is 73.2 cm³/mol. The SMILES string of the molecule is CO[C@H]1CO[C@@]2(CCN(C(=O)Cc3ccccn3)C2)C1. The fourth-order valence-electron chi connectivity index (χ4n) is 3.07. The molecule has 0 aliphatic carbocycles. The molecule has 5 nitrogen and oxygen atoms in total. The molecule has 0 saturated carbocycles. The van der Waals surface area contributed by atoms with Crippen LogP contribution in [0.4, 0.5) is 0 Å². The number of likely N-dealkylation sites (tertiary alicyclic amines) is 1. The number of methoxy groups -OCH3 is 1. The van der Waals surface area contributed by atoms with E-state index in [4.69, 9.17) is 9.47 Å². The van der Waals surface area contributed by atoms with Crippen molar-refractivity contribution >= 4 is 5.91 Å². The zero-order chi connectivity index (χ0) is 14.0. The van der Waals surface area contributed by atoms with Crippen LogP contribution in [0, 0.1) is 0 Å². The molecule has 2 aliphatic rings. The van der Waals surface area contributed by atoms with E-state index >= 15 is 0 Å². The molecule has 0 radical (unpaired) electrons. The number of pyridine rings is 1. The van der Waals surface area contributed by atoms with E-state index in [2.05, 4.69) is 4.98 Å². The van der Waals surface area contributed by atoms with Crippen LogP contribution < -0.4 is 0 Å². The molecule has 0 aromatic carbocycles. The summed E-state index contributed by atoms with van der Waals surface area (Å²) in [6.45, 7) is 2.08. The topological polar surface area (TPSA) is 51.7 Å². The Bertz CT molecular complexity index is 479. The Morgan fingerprint density at radius 2 is 2.50 bits per heavy atom.